The standard InChI is InChI=1S/C15H12ClN3O3S2/c16-10-4-2-1-3-9(10)8-19-13(21)11(24-15(19)22)7-12(20)18-14-17-5-6-23-14/h1-6,11H,7-8H2,(H,17,18,20)/t11-/m0/s1. The van der Waals surface area contributed by atoms with E-state index >= 15 is 0 Å². The van der Waals surface area contributed by atoms with Crippen LogP contribution in [-0.4, -0.2) is 32.2 Å². The summed E-state index contributed by atoms with van der Waals surface area (Å²) in [6, 6.07) is 7.03. The van der Waals surface area contributed by atoms with Crippen LogP contribution in [-0.2, 0) is 16.1 Å². The van der Waals surface area contributed by atoms with Crippen LogP contribution in [0.1, 0.15) is 12.0 Å². The van der Waals surface area contributed by atoms with Crippen LogP contribution in [0.5, 0.6) is 0 Å². The zero-order valence-electron chi connectivity index (χ0n) is 12.3. The van der Waals surface area contributed by atoms with E-state index in [1.807, 2.05) is 0 Å². The lowest BCUT2D eigenvalue weighted by molar-refractivity contribution is -0.129. The molecule has 2 heterocycles. The summed E-state index contributed by atoms with van der Waals surface area (Å²) in [7, 11) is 0. The maximum atomic E-state index is 12.4. The van der Waals surface area contributed by atoms with Crippen LogP contribution in [0.15, 0.2) is 35.8 Å². The second-order valence-electron chi connectivity index (χ2n) is 4.98. The number of carbonyl (C=O) groups excluding carboxylic acids is 3. The summed E-state index contributed by atoms with van der Waals surface area (Å²) in [6.45, 7) is 0.106. The number of nitrogens with zero attached hydrogens (tertiary/aromatic N) is 2. The summed E-state index contributed by atoms with van der Waals surface area (Å²) in [6.07, 6.45) is 1.50. The number of hydrogen-bond acceptors (Lipinski definition) is 6. The number of benzene rings is 1. The van der Waals surface area contributed by atoms with Gasteiger partial charge in [-0.05, 0) is 11.6 Å². The molecule has 1 fully saturated rings. The molecular weight excluding hydrogens is 370 g/mol. The van der Waals surface area contributed by atoms with E-state index in [1.165, 1.54) is 11.3 Å². The Labute approximate surface area is 151 Å². The maximum absolute atomic E-state index is 12.4. The molecule has 0 aliphatic carbocycles. The lowest BCUT2D eigenvalue weighted by Gasteiger charge is -2.14. The second-order valence-corrected chi connectivity index (χ2v) is 7.43. The smallest absolute Gasteiger partial charge is 0.289 e. The van der Waals surface area contributed by atoms with Gasteiger partial charge in [0.15, 0.2) is 5.13 Å². The highest BCUT2D eigenvalue weighted by Gasteiger charge is 2.40. The van der Waals surface area contributed by atoms with Crippen LogP contribution < -0.4 is 5.32 Å². The van der Waals surface area contributed by atoms with Crippen molar-refractivity contribution in [2.24, 2.45) is 0 Å². The zero-order valence-corrected chi connectivity index (χ0v) is 14.7. The van der Waals surface area contributed by atoms with Gasteiger partial charge in [0.1, 0.15) is 5.25 Å². The molecule has 1 N–H and O–H groups in total. The summed E-state index contributed by atoms with van der Waals surface area (Å²) < 4.78 is 0. The lowest BCUT2D eigenvalue weighted by Crippen LogP contribution is -2.32. The Bertz CT molecular complexity index is 782. The summed E-state index contributed by atoms with van der Waals surface area (Å²) in [4.78, 5) is 41.6. The number of carbonyl (C=O) groups is 3. The number of thioether (sulfide) groups is 1. The highest BCUT2D eigenvalue weighted by Crippen LogP contribution is 2.31. The molecule has 0 saturated carbocycles. The van der Waals surface area contributed by atoms with Crippen LogP contribution >= 0.6 is 34.7 Å². The van der Waals surface area contributed by atoms with Gasteiger partial charge in [-0.2, -0.15) is 0 Å². The van der Waals surface area contributed by atoms with Crippen LogP contribution in [0, 0.1) is 0 Å². The molecule has 1 saturated heterocycles. The van der Waals surface area contributed by atoms with Gasteiger partial charge in [0.25, 0.3) is 5.24 Å². The van der Waals surface area contributed by atoms with Gasteiger partial charge in [0.05, 0.1) is 6.54 Å². The van der Waals surface area contributed by atoms with E-state index in [-0.39, 0.29) is 30.0 Å². The molecule has 0 bridgehead atoms. The third-order valence-electron chi connectivity index (χ3n) is 3.34. The van der Waals surface area contributed by atoms with Crippen molar-refractivity contribution in [2.45, 2.75) is 18.2 Å². The molecule has 9 heteroatoms. The van der Waals surface area contributed by atoms with Gasteiger partial charge in [0, 0.05) is 23.0 Å². The Morgan fingerprint density at radius 3 is 2.83 bits per heavy atom. The number of aromatic nitrogens is 1. The lowest BCUT2D eigenvalue weighted by atomic mass is 10.2. The largest absolute Gasteiger partial charge is 0.302 e. The molecule has 124 valence electrons. The number of anilines is 1. The summed E-state index contributed by atoms with van der Waals surface area (Å²) in [5, 5.41) is 4.22. The first-order valence-electron chi connectivity index (χ1n) is 6.99. The average molecular weight is 382 g/mol. The topological polar surface area (TPSA) is 79.4 Å². The molecule has 2 aromatic rings. The zero-order chi connectivity index (χ0) is 17.1. The maximum Gasteiger partial charge on any atom is 0.289 e. The Morgan fingerprint density at radius 2 is 2.12 bits per heavy atom. The van der Waals surface area contributed by atoms with Crippen LogP contribution in [0.3, 0.4) is 0 Å². The number of hydrogen-bond donors (Lipinski definition) is 1. The molecule has 1 aromatic heterocycles. The van der Waals surface area contributed by atoms with Crippen molar-refractivity contribution in [1.82, 2.24) is 9.88 Å². The Morgan fingerprint density at radius 1 is 1.33 bits per heavy atom. The molecule has 3 rings (SSSR count). The second kappa shape index (κ2) is 7.33. The molecule has 1 aliphatic rings. The molecule has 0 radical (unpaired) electrons. The Hall–Kier alpha value is -1.90. The average Bonchev–Trinajstić information content (AvgIpc) is 3.13. The van der Waals surface area contributed by atoms with Crippen LogP contribution in [0.2, 0.25) is 5.02 Å². The van der Waals surface area contributed by atoms with E-state index in [0.29, 0.717) is 15.7 Å². The minimum absolute atomic E-state index is 0.0756. The van der Waals surface area contributed by atoms with Crippen molar-refractivity contribution in [1.29, 1.82) is 0 Å². The first kappa shape index (κ1) is 16.9. The van der Waals surface area contributed by atoms with Crippen LogP contribution in [0.4, 0.5) is 9.93 Å². The minimum Gasteiger partial charge on any atom is -0.302 e. The van der Waals surface area contributed by atoms with Crippen molar-refractivity contribution < 1.29 is 14.4 Å². The number of nitrogens with one attached hydrogen (secondary N) is 1. The predicted octanol–water partition coefficient (Wildman–Crippen LogP) is 3.39. The SMILES string of the molecule is O=C(C[C@@H]1SC(=O)N(Cc2ccccc2Cl)C1=O)Nc1nccs1. The van der Waals surface area contributed by atoms with E-state index in [2.05, 4.69) is 10.3 Å². The highest BCUT2D eigenvalue weighted by molar-refractivity contribution is 8.15. The Kier molecular flexibility index (Phi) is 5.17. The van der Waals surface area contributed by atoms with Crippen molar-refractivity contribution in [3.8, 4) is 0 Å². The van der Waals surface area contributed by atoms with E-state index in [0.717, 1.165) is 16.7 Å². The van der Waals surface area contributed by atoms with E-state index in [1.54, 1.807) is 35.8 Å². The van der Waals surface area contributed by atoms with Crippen molar-refractivity contribution in [3.63, 3.8) is 0 Å². The van der Waals surface area contributed by atoms with Crippen molar-refractivity contribution in [3.05, 3.63) is 46.4 Å². The van der Waals surface area contributed by atoms with E-state index < -0.39 is 5.25 Å². The number of amides is 3. The summed E-state index contributed by atoms with van der Waals surface area (Å²) >= 11 is 8.22. The number of halogens is 1. The first-order chi connectivity index (χ1) is 11.5. The number of thiazole rings is 1. The fourth-order valence-electron chi connectivity index (χ4n) is 2.19. The predicted molar refractivity (Wildman–Crippen MR) is 94.1 cm³/mol. The van der Waals surface area contributed by atoms with Crippen molar-refractivity contribution in [2.75, 3.05) is 5.32 Å². The molecule has 0 spiro atoms. The molecule has 3 amide bonds. The van der Waals surface area contributed by atoms with Gasteiger partial charge in [-0.25, -0.2) is 4.98 Å². The monoisotopic (exact) mass is 381 g/mol. The Balaban J connectivity index is 1.63. The third-order valence-corrected chi connectivity index (χ3v) is 5.47. The van der Waals surface area contributed by atoms with Gasteiger partial charge in [-0.15, -0.1) is 11.3 Å². The molecule has 24 heavy (non-hydrogen) atoms. The van der Waals surface area contributed by atoms with Gasteiger partial charge in [0.2, 0.25) is 11.8 Å². The number of imide groups is 1. The summed E-state index contributed by atoms with van der Waals surface area (Å²) in [5.74, 6) is -0.720. The molecular formula is C15H12ClN3O3S2. The molecule has 1 atom stereocenters. The molecule has 1 aliphatic heterocycles. The highest BCUT2D eigenvalue weighted by atomic mass is 35.5. The van der Waals surface area contributed by atoms with Gasteiger partial charge in [-0.3, -0.25) is 19.3 Å². The minimum atomic E-state index is -0.722. The molecule has 1 aromatic carbocycles. The van der Waals surface area contributed by atoms with Crippen LogP contribution in [0.25, 0.3) is 0 Å². The summed E-state index contributed by atoms with van der Waals surface area (Å²) in [5.41, 5.74) is 0.689. The molecule has 6 nitrogen and oxygen atoms in total. The fraction of sp³-hybridized carbons (Fsp3) is 0.200. The fourth-order valence-corrected chi connectivity index (χ4v) is 3.92. The number of rotatable bonds is 5. The van der Waals surface area contributed by atoms with E-state index in [4.69, 9.17) is 11.6 Å². The van der Waals surface area contributed by atoms with Crippen molar-refractivity contribution >= 4 is 56.9 Å². The normalized spacial score (nSPS) is 17.4. The quantitative estimate of drug-likeness (QED) is 0.858. The van der Waals surface area contributed by atoms with Gasteiger partial charge in [-0.1, -0.05) is 41.6 Å². The first-order valence-corrected chi connectivity index (χ1v) is 9.13. The van der Waals surface area contributed by atoms with Gasteiger partial charge >= 0.3 is 0 Å². The van der Waals surface area contributed by atoms with E-state index in [9.17, 15) is 14.4 Å². The van der Waals surface area contributed by atoms with Gasteiger partial charge < -0.3 is 5.32 Å². The molecule has 0 unspecified atom stereocenters. The third kappa shape index (κ3) is 3.77.